The van der Waals surface area contributed by atoms with Crippen LogP contribution in [-0.4, -0.2) is 10.1 Å². The standard InChI is InChI=1S/C43H38N4S/c1-43(2,3)31-24-26-39-37(28-31)38-29-36(25-27-40(38)47(39)35-22-14-7-15-23-35)46(34-20-12-6-13-21-34)42-44-30-41(48-42)45(32-16-8-4-9-17-32)33-18-10-5-11-19-33/h4-30,42,44H,1-3H3. The fourth-order valence-corrected chi connectivity index (χ4v) is 7.78. The average molecular weight is 643 g/mol. The molecule has 0 aliphatic carbocycles. The molecule has 2 heterocycles. The molecule has 236 valence electrons. The van der Waals surface area contributed by atoms with E-state index >= 15 is 0 Å². The summed E-state index contributed by atoms with van der Waals surface area (Å²) < 4.78 is 2.40. The van der Waals surface area contributed by atoms with E-state index < -0.39 is 0 Å². The van der Waals surface area contributed by atoms with Crippen molar-refractivity contribution in [2.24, 2.45) is 0 Å². The minimum atomic E-state index is -0.0672. The summed E-state index contributed by atoms with van der Waals surface area (Å²) in [6.07, 6.45) is 2.15. The molecule has 5 heteroatoms. The van der Waals surface area contributed by atoms with Gasteiger partial charge in [0.1, 0.15) is 0 Å². The maximum Gasteiger partial charge on any atom is 0.158 e. The van der Waals surface area contributed by atoms with Crippen LogP contribution >= 0.6 is 11.8 Å². The Balaban J connectivity index is 1.25. The molecule has 0 spiro atoms. The lowest BCUT2D eigenvalue weighted by atomic mass is 9.86. The van der Waals surface area contributed by atoms with E-state index in [0.29, 0.717) is 0 Å². The molecule has 6 aromatic carbocycles. The van der Waals surface area contributed by atoms with Gasteiger partial charge in [0.15, 0.2) is 5.50 Å². The molecule has 8 rings (SSSR count). The number of anilines is 4. The number of nitrogens with one attached hydrogen (secondary N) is 1. The third kappa shape index (κ3) is 5.50. The Morgan fingerprint density at radius 3 is 1.67 bits per heavy atom. The number of aromatic nitrogens is 1. The molecule has 0 saturated heterocycles. The van der Waals surface area contributed by atoms with E-state index in [0.717, 1.165) is 33.5 Å². The van der Waals surface area contributed by atoms with Crippen LogP contribution in [0.3, 0.4) is 0 Å². The van der Waals surface area contributed by atoms with Crippen LogP contribution in [0.4, 0.5) is 22.7 Å². The number of hydrogen-bond donors (Lipinski definition) is 1. The van der Waals surface area contributed by atoms with Gasteiger partial charge in [-0.15, -0.1) is 0 Å². The molecule has 1 aromatic heterocycles. The van der Waals surface area contributed by atoms with Crippen LogP contribution in [0.5, 0.6) is 0 Å². The highest BCUT2D eigenvalue weighted by molar-refractivity contribution is 8.04. The highest BCUT2D eigenvalue weighted by Gasteiger charge is 2.30. The van der Waals surface area contributed by atoms with Crippen molar-refractivity contribution < 1.29 is 0 Å². The predicted molar refractivity (Wildman–Crippen MR) is 206 cm³/mol. The second-order valence-corrected chi connectivity index (χ2v) is 14.3. The normalized spacial score (nSPS) is 14.6. The molecule has 1 aliphatic heterocycles. The molecule has 0 radical (unpaired) electrons. The van der Waals surface area contributed by atoms with Crippen LogP contribution in [0.1, 0.15) is 26.3 Å². The molecule has 0 fully saturated rings. The molecule has 0 amide bonds. The van der Waals surface area contributed by atoms with Crippen molar-refractivity contribution in [1.82, 2.24) is 9.88 Å². The first-order chi connectivity index (χ1) is 23.5. The summed E-state index contributed by atoms with van der Waals surface area (Å²) in [6, 6.07) is 56.5. The zero-order valence-corrected chi connectivity index (χ0v) is 28.2. The lowest BCUT2D eigenvalue weighted by molar-refractivity contribution is 0.591. The summed E-state index contributed by atoms with van der Waals surface area (Å²) in [7, 11) is 0. The van der Waals surface area contributed by atoms with Crippen LogP contribution in [0, 0.1) is 0 Å². The molecule has 4 nitrogen and oxygen atoms in total. The lowest BCUT2D eigenvalue weighted by Gasteiger charge is -2.32. The quantitative estimate of drug-likeness (QED) is 0.187. The van der Waals surface area contributed by atoms with Gasteiger partial charge in [0.25, 0.3) is 0 Å². The highest BCUT2D eigenvalue weighted by Crippen LogP contribution is 2.44. The van der Waals surface area contributed by atoms with Gasteiger partial charge in [-0.05, 0) is 89.8 Å². The van der Waals surface area contributed by atoms with Gasteiger partial charge in [0.05, 0.1) is 16.1 Å². The number of para-hydroxylation sites is 4. The predicted octanol–water partition coefficient (Wildman–Crippen LogP) is 11.5. The van der Waals surface area contributed by atoms with Crippen molar-refractivity contribution in [3.05, 3.63) is 175 Å². The van der Waals surface area contributed by atoms with E-state index in [2.05, 4.69) is 204 Å². The molecule has 0 bridgehead atoms. The Bertz CT molecular complexity index is 2180. The Morgan fingerprint density at radius 1 is 0.562 bits per heavy atom. The summed E-state index contributed by atoms with van der Waals surface area (Å²) >= 11 is 1.82. The number of fused-ring (bicyclic) bond motifs is 3. The maximum absolute atomic E-state index is 3.75. The molecular formula is C43H38N4S. The monoisotopic (exact) mass is 642 g/mol. The zero-order chi connectivity index (χ0) is 32.7. The summed E-state index contributed by atoms with van der Waals surface area (Å²) in [6.45, 7) is 6.86. The Hall–Kier alpha value is -5.39. The minimum absolute atomic E-state index is 0.0406. The minimum Gasteiger partial charge on any atom is -0.360 e. The molecule has 48 heavy (non-hydrogen) atoms. The number of nitrogens with zero attached hydrogens (tertiary/aromatic N) is 3. The van der Waals surface area contributed by atoms with E-state index in [-0.39, 0.29) is 10.9 Å². The Labute approximate surface area is 286 Å². The number of rotatable bonds is 7. The average Bonchev–Trinajstić information content (AvgIpc) is 3.72. The SMILES string of the molecule is CC(C)(C)c1ccc2c(c1)c1cc(N(c3ccccc3)C3NC=C(N(c4ccccc4)c4ccccc4)S3)ccc1n2-c1ccccc1. The number of hydrogen-bond acceptors (Lipinski definition) is 4. The first kappa shape index (κ1) is 30.0. The second kappa shape index (κ2) is 12.3. The summed E-state index contributed by atoms with van der Waals surface area (Å²) in [5.74, 6) is 0. The summed E-state index contributed by atoms with van der Waals surface area (Å²) in [5, 5.41) is 7.39. The first-order valence-corrected chi connectivity index (χ1v) is 17.4. The van der Waals surface area contributed by atoms with Crippen LogP contribution in [0.2, 0.25) is 0 Å². The maximum atomic E-state index is 3.75. The fraction of sp³-hybridized carbons (Fsp3) is 0.116. The third-order valence-corrected chi connectivity index (χ3v) is 10.1. The number of benzene rings is 6. The molecule has 1 N–H and O–H groups in total. The fourth-order valence-electron chi connectivity index (χ4n) is 6.62. The summed E-state index contributed by atoms with van der Waals surface area (Å²) in [4.78, 5) is 4.74. The van der Waals surface area contributed by atoms with E-state index in [4.69, 9.17) is 0 Å². The van der Waals surface area contributed by atoms with Crippen molar-refractivity contribution in [2.75, 3.05) is 9.80 Å². The van der Waals surface area contributed by atoms with Crippen molar-refractivity contribution in [3.63, 3.8) is 0 Å². The topological polar surface area (TPSA) is 23.4 Å². The molecular weight excluding hydrogens is 605 g/mol. The van der Waals surface area contributed by atoms with Crippen molar-refractivity contribution in [1.29, 1.82) is 0 Å². The largest absolute Gasteiger partial charge is 0.360 e. The van der Waals surface area contributed by atoms with Crippen molar-refractivity contribution in [3.8, 4) is 5.69 Å². The molecule has 7 aromatic rings. The summed E-state index contributed by atoms with van der Waals surface area (Å²) in [5.41, 5.74) is 9.39. The van der Waals surface area contributed by atoms with Gasteiger partial charge >= 0.3 is 0 Å². The zero-order valence-electron chi connectivity index (χ0n) is 27.4. The number of thioether (sulfide) groups is 1. The van der Waals surface area contributed by atoms with Gasteiger partial charge in [-0.1, -0.05) is 111 Å². The van der Waals surface area contributed by atoms with Gasteiger partial charge in [-0.2, -0.15) is 0 Å². The van der Waals surface area contributed by atoms with E-state index in [1.54, 1.807) is 0 Å². The molecule has 1 atom stereocenters. The van der Waals surface area contributed by atoms with Crippen LogP contribution in [-0.2, 0) is 5.41 Å². The van der Waals surface area contributed by atoms with E-state index in [9.17, 15) is 0 Å². The highest BCUT2D eigenvalue weighted by atomic mass is 32.2. The lowest BCUT2D eigenvalue weighted by Crippen LogP contribution is -2.35. The Kier molecular flexibility index (Phi) is 7.70. The molecule has 1 aliphatic rings. The smallest absolute Gasteiger partial charge is 0.158 e. The van der Waals surface area contributed by atoms with Crippen molar-refractivity contribution >= 4 is 56.3 Å². The van der Waals surface area contributed by atoms with Gasteiger partial charge in [0, 0.05) is 45.4 Å². The molecule has 0 saturated carbocycles. The van der Waals surface area contributed by atoms with Crippen LogP contribution in [0.15, 0.2) is 169 Å². The third-order valence-electron chi connectivity index (χ3n) is 9.01. The Morgan fingerprint density at radius 2 is 1.08 bits per heavy atom. The van der Waals surface area contributed by atoms with Gasteiger partial charge < -0.3 is 19.7 Å². The van der Waals surface area contributed by atoms with Crippen LogP contribution in [0.25, 0.3) is 27.5 Å². The van der Waals surface area contributed by atoms with Crippen LogP contribution < -0.4 is 15.1 Å². The van der Waals surface area contributed by atoms with Gasteiger partial charge in [-0.25, -0.2) is 0 Å². The van der Waals surface area contributed by atoms with Gasteiger partial charge in [-0.3, -0.25) is 0 Å². The van der Waals surface area contributed by atoms with Gasteiger partial charge in [0.2, 0.25) is 0 Å². The van der Waals surface area contributed by atoms with Crippen molar-refractivity contribution in [2.45, 2.75) is 31.7 Å². The molecule has 1 unspecified atom stereocenters. The second-order valence-electron chi connectivity index (χ2n) is 13.2. The first-order valence-electron chi connectivity index (χ1n) is 16.5. The van der Waals surface area contributed by atoms with E-state index in [1.807, 2.05) is 11.8 Å². The van der Waals surface area contributed by atoms with E-state index in [1.165, 1.54) is 27.4 Å².